The largest absolute Gasteiger partial charge is 0.494 e. The normalized spacial score (nSPS) is 12.0. The van der Waals surface area contributed by atoms with Gasteiger partial charge >= 0.3 is 0 Å². The monoisotopic (exact) mass is 283 g/mol. The van der Waals surface area contributed by atoms with Gasteiger partial charge in [-0.3, -0.25) is 4.79 Å². The molecule has 106 valence electrons. The summed E-state index contributed by atoms with van der Waals surface area (Å²) >= 11 is 1.48. The van der Waals surface area contributed by atoms with Crippen LogP contribution in [0.4, 0.5) is 0 Å². The molecule has 0 spiro atoms. The molecule has 0 saturated carbocycles. The second kappa shape index (κ2) is 8.07. The van der Waals surface area contributed by atoms with Crippen LogP contribution < -0.4 is 4.74 Å². The molecule has 1 aromatic rings. The fourth-order valence-corrected chi connectivity index (χ4v) is 2.39. The third-order valence-corrected chi connectivity index (χ3v) is 3.46. The number of hydrogen-bond acceptors (Lipinski definition) is 4. The first kappa shape index (κ1) is 15.9. The van der Waals surface area contributed by atoms with Crippen LogP contribution in [0.5, 0.6) is 5.75 Å². The molecule has 1 rings (SSSR count). The van der Waals surface area contributed by atoms with E-state index in [2.05, 4.69) is 0 Å². The van der Waals surface area contributed by atoms with Gasteiger partial charge in [-0.2, -0.15) is 0 Å². The Morgan fingerprint density at radius 1 is 1.42 bits per heavy atom. The number of benzene rings is 1. The van der Waals surface area contributed by atoms with E-state index in [0.29, 0.717) is 18.9 Å². The molecule has 0 bridgehead atoms. The zero-order valence-corrected chi connectivity index (χ0v) is 12.4. The molecule has 0 radical (unpaired) electrons. The number of nitrogens with zero attached hydrogens (tertiary/aromatic N) is 1. The van der Waals surface area contributed by atoms with Gasteiger partial charge in [0.1, 0.15) is 5.75 Å². The third kappa shape index (κ3) is 5.98. The molecule has 0 fully saturated rings. The van der Waals surface area contributed by atoms with Crippen LogP contribution in [0.15, 0.2) is 29.2 Å². The Morgan fingerprint density at radius 2 is 2.05 bits per heavy atom. The number of likely N-dealkylation sites (N-methyl/N-ethyl adjacent to an activating group) is 1. The Kier molecular flexibility index (Phi) is 6.73. The average Bonchev–Trinajstić information content (AvgIpc) is 2.37. The molecular weight excluding hydrogens is 262 g/mol. The highest BCUT2D eigenvalue weighted by Crippen LogP contribution is 2.21. The molecule has 0 saturated heterocycles. The van der Waals surface area contributed by atoms with Crippen molar-refractivity contribution in [3.63, 3.8) is 0 Å². The van der Waals surface area contributed by atoms with Crippen molar-refractivity contribution >= 4 is 17.7 Å². The van der Waals surface area contributed by atoms with Crippen LogP contribution in [0.25, 0.3) is 0 Å². The maximum Gasteiger partial charge on any atom is 0.232 e. The predicted octanol–water partition coefficient (Wildman–Crippen LogP) is 2.02. The number of thioether (sulfide) groups is 1. The SMILES string of the molecule is CCOc1ccc(SCC(=O)N(C)CC(C)O)cc1. The molecule has 1 amide bonds. The highest BCUT2D eigenvalue weighted by Gasteiger charge is 2.11. The molecular formula is C14H21NO3S. The topological polar surface area (TPSA) is 49.8 Å². The van der Waals surface area contributed by atoms with E-state index < -0.39 is 6.10 Å². The second-order valence-electron chi connectivity index (χ2n) is 4.32. The Bertz CT molecular complexity index is 392. The molecule has 0 heterocycles. The minimum Gasteiger partial charge on any atom is -0.494 e. The lowest BCUT2D eigenvalue weighted by atomic mass is 10.3. The standard InChI is InChI=1S/C14H21NO3S/c1-4-18-12-5-7-13(8-6-12)19-10-14(17)15(3)9-11(2)16/h5-8,11,16H,4,9-10H2,1-3H3. The first-order valence-electron chi connectivity index (χ1n) is 6.30. The van der Waals surface area contributed by atoms with Crippen LogP contribution in [0, 0.1) is 0 Å². The van der Waals surface area contributed by atoms with Crippen molar-refractivity contribution in [3.05, 3.63) is 24.3 Å². The van der Waals surface area contributed by atoms with Crippen molar-refractivity contribution in [2.75, 3.05) is 26.0 Å². The molecule has 1 atom stereocenters. The number of amides is 1. The maximum atomic E-state index is 11.8. The number of ether oxygens (including phenoxy) is 1. The summed E-state index contributed by atoms with van der Waals surface area (Å²) in [6.07, 6.45) is -0.496. The van der Waals surface area contributed by atoms with Gasteiger partial charge in [-0.15, -0.1) is 11.8 Å². The molecule has 0 aliphatic heterocycles. The summed E-state index contributed by atoms with van der Waals surface area (Å²) in [5.41, 5.74) is 0. The molecule has 0 aromatic heterocycles. The van der Waals surface area contributed by atoms with E-state index in [0.717, 1.165) is 10.6 Å². The summed E-state index contributed by atoms with van der Waals surface area (Å²) in [6, 6.07) is 7.68. The van der Waals surface area contributed by atoms with Gasteiger partial charge in [0, 0.05) is 18.5 Å². The van der Waals surface area contributed by atoms with Crippen LogP contribution >= 0.6 is 11.8 Å². The average molecular weight is 283 g/mol. The number of aliphatic hydroxyl groups excluding tert-OH is 1. The van der Waals surface area contributed by atoms with Gasteiger partial charge in [-0.05, 0) is 38.1 Å². The summed E-state index contributed by atoms with van der Waals surface area (Å²) in [5.74, 6) is 1.22. The fraction of sp³-hybridized carbons (Fsp3) is 0.500. The van der Waals surface area contributed by atoms with E-state index in [4.69, 9.17) is 4.74 Å². The summed E-state index contributed by atoms with van der Waals surface area (Å²) in [6.45, 7) is 4.63. The maximum absolute atomic E-state index is 11.8. The van der Waals surface area contributed by atoms with Crippen LogP contribution in [0.2, 0.25) is 0 Å². The molecule has 0 aliphatic carbocycles. The van der Waals surface area contributed by atoms with Crippen molar-refractivity contribution in [1.82, 2.24) is 4.90 Å². The van der Waals surface area contributed by atoms with Gasteiger partial charge in [0.25, 0.3) is 0 Å². The van der Waals surface area contributed by atoms with Crippen molar-refractivity contribution in [2.45, 2.75) is 24.8 Å². The third-order valence-electron chi connectivity index (χ3n) is 2.46. The van der Waals surface area contributed by atoms with E-state index >= 15 is 0 Å². The molecule has 1 N–H and O–H groups in total. The Balaban J connectivity index is 2.41. The summed E-state index contributed by atoms with van der Waals surface area (Å²) in [5, 5.41) is 9.22. The van der Waals surface area contributed by atoms with Gasteiger partial charge in [-0.25, -0.2) is 0 Å². The predicted molar refractivity (Wildman–Crippen MR) is 77.7 cm³/mol. The minimum atomic E-state index is -0.496. The minimum absolute atomic E-state index is 0.0137. The number of hydrogen-bond donors (Lipinski definition) is 1. The smallest absolute Gasteiger partial charge is 0.232 e. The van der Waals surface area contributed by atoms with Crippen molar-refractivity contribution < 1.29 is 14.6 Å². The van der Waals surface area contributed by atoms with Crippen molar-refractivity contribution in [1.29, 1.82) is 0 Å². The molecule has 5 heteroatoms. The van der Waals surface area contributed by atoms with Crippen molar-refractivity contribution in [2.24, 2.45) is 0 Å². The summed E-state index contributed by atoms with van der Waals surface area (Å²) in [7, 11) is 1.70. The number of carbonyl (C=O) groups excluding carboxylic acids is 1. The first-order chi connectivity index (χ1) is 9.02. The van der Waals surface area contributed by atoms with E-state index in [1.807, 2.05) is 31.2 Å². The number of aliphatic hydroxyl groups is 1. The van der Waals surface area contributed by atoms with E-state index in [-0.39, 0.29) is 5.91 Å². The lowest BCUT2D eigenvalue weighted by Crippen LogP contribution is -2.34. The van der Waals surface area contributed by atoms with Crippen LogP contribution in [-0.2, 0) is 4.79 Å². The van der Waals surface area contributed by atoms with E-state index in [1.165, 1.54) is 11.8 Å². The van der Waals surface area contributed by atoms with E-state index in [9.17, 15) is 9.90 Å². The summed E-state index contributed by atoms with van der Waals surface area (Å²) < 4.78 is 5.36. The van der Waals surface area contributed by atoms with E-state index in [1.54, 1.807) is 18.9 Å². The zero-order chi connectivity index (χ0) is 14.3. The molecule has 1 unspecified atom stereocenters. The molecule has 4 nitrogen and oxygen atoms in total. The zero-order valence-electron chi connectivity index (χ0n) is 11.6. The highest BCUT2D eigenvalue weighted by atomic mass is 32.2. The molecule has 0 aliphatic rings. The molecule has 1 aromatic carbocycles. The first-order valence-corrected chi connectivity index (χ1v) is 7.29. The quantitative estimate of drug-likeness (QED) is 0.778. The number of rotatable bonds is 7. The number of carbonyl (C=O) groups is 1. The van der Waals surface area contributed by atoms with Gasteiger partial charge in [0.15, 0.2) is 0 Å². The van der Waals surface area contributed by atoms with Gasteiger partial charge in [-0.1, -0.05) is 0 Å². The van der Waals surface area contributed by atoms with Gasteiger partial charge < -0.3 is 14.7 Å². The lowest BCUT2D eigenvalue weighted by molar-refractivity contribution is -0.128. The molecule has 19 heavy (non-hydrogen) atoms. The fourth-order valence-electron chi connectivity index (χ4n) is 1.55. The Hall–Kier alpha value is -1.20. The van der Waals surface area contributed by atoms with Gasteiger partial charge in [0.2, 0.25) is 5.91 Å². The van der Waals surface area contributed by atoms with Crippen molar-refractivity contribution in [3.8, 4) is 5.75 Å². The van der Waals surface area contributed by atoms with Crippen LogP contribution in [0.3, 0.4) is 0 Å². The highest BCUT2D eigenvalue weighted by molar-refractivity contribution is 8.00. The summed E-state index contributed by atoms with van der Waals surface area (Å²) in [4.78, 5) is 14.4. The second-order valence-corrected chi connectivity index (χ2v) is 5.37. The van der Waals surface area contributed by atoms with Crippen LogP contribution in [0.1, 0.15) is 13.8 Å². The lowest BCUT2D eigenvalue weighted by Gasteiger charge is -2.18. The van der Waals surface area contributed by atoms with Gasteiger partial charge in [0.05, 0.1) is 18.5 Å². The van der Waals surface area contributed by atoms with Crippen LogP contribution in [-0.4, -0.2) is 48.0 Å². The Labute approximate surface area is 118 Å². The Morgan fingerprint density at radius 3 is 2.58 bits per heavy atom.